The molecule has 2 atom stereocenters. The predicted molar refractivity (Wildman–Crippen MR) is 80.9 cm³/mol. The van der Waals surface area contributed by atoms with Crippen LogP contribution in [-0.2, 0) is 4.79 Å². The molecule has 1 aromatic rings. The van der Waals surface area contributed by atoms with E-state index in [0.29, 0.717) is 6.54 Å². The molecule has 0 fully saturated rings. The van der Waals surface area contributed by atoms with Crippen molar-refractivity contribution >= 4 is 42.1 Å². The van der Waals surface area contributed by atoms with E-state index >= 15 is 0 Å². The fourth-order valence-corrected chi connectivity index (χ4v) is 2.23. The van der Waals surface area contributed by atoms with E-state index < -0.39 is 0 Å². The third-order valence-electron chi connectivity index (χ3n) is 2.43. The van der Waals surface area contributed by atoms with Gasteiger partial charge in [0, 0.05) is 24.0 Å². The van der Waals surface area contributed by atoms with Crippen molar-refractivity contribution in [1.29, 1.82) is 0 Å². The molecular weight excluding hydrogens is 293 g/mol. The Morgan fingerprint density at radius 3 is 2.61 bits per heavy atom. The Bertz CT molecular complexity index is 322. The maximum Gasteiger partial charge on any atom is 0.224 e. The quantitative estimate of drug-likeness (QED) is 0.848. The van der Waals surface area contributed by atoms with Gasteiger partial charge in [0.1, 0.15) is 5.01 Å². The first-order valence-electron chi connectivity index (χ1n) is 5.53. The molecule has 2 N–H and O–H groups in total. The Hall–Kier alpha value is -0.360. The highest BCUT2D eigenvalue weighted by atomic mass is 35.5. The second-order valence-electron chi connectivity index (χ2n) is 3.80. The van der Waals surface area contributed by atoms with E-state index in [1.165, 1.54) is 0 Å². The molecule has 0 spiro atoms. The summed E-state index contributed by atoms with van der Waals surface area (Å²) in [7, 11) is 1.85. The number of carbonyl (C=O) groups is 1. The summed E-state index contributed by atoms with van der Waals surface area (Å²) in [6, 6.07) is 0.0480. The highest BCUT2D eigenvalue weighted by Crippen LogP contribution is 2.19. The molecule has 1 heterocycles. The van der Waals surface area contributed by atoms with Crippen molar-refractivity contribution in [2.75, 3.05) is 13.6 Å². The van der Waals surface area contributed by atoms with Crippen molar-refractivity contribution in [3.8, 4) is 0 Å². The fourth-order valence-electron chi connectivity index (χ4n) is 1.46. The van der Waals surface area contributed by atoms with Crippen LogP contribution in [-0.4, -0.2) is 24.5 Å². The number of rotatable bonds is 6. The highest BCUT2D eigenvalue weighted by Gasteiger charge is 2.18. The summed E-state index contributed by atoms with van der Waals surface area (Å²) in [5.41, 5.74) is 0. The first-order chi connectivity index (χ1) is 7.69. The average Bonchev–Trinajstić information content (AvgIpc) is 2.79. The van der Waals surface area contributed by atoms with Gasteiger partial charge < -0.3 is 10.6 Å². The lowest BCUT2D eigenvalue weighted by molar-refractivity contribution is -0.125. The summed E-state index contributed by atoms with van der Waals surface area (Å²) in [6.07, 6.45) is 2.64. The van der Waals surface area contributed by atoms with Crippen molar-refractivity contribution in [3.05, 3.63) is 16.6 Å². The van der Waals surface area contributed by atoms with E-state index in [-0.39, 0.29) is 42.7 Å². The van der Waals surface area contributed by atoms with Gasteiger partial charge in [0.25, 0.3) is 0 Å². The third-order valence-corrected chi connectivity index (χ3v) is 3.32. The van der Waals surface area contributed by atoms with Gasteiger partial charge in [-0.05, 0) is 13.5 Å². The number of thiazole rings is 1. The van der Waals surface area contributed by atoms with Crippen LogP contribution in [0.2, 0.25) is 0 Å². The fraction of sp³-hybridized carbons (Fsp3) is 0.636. The van der Waals surface area contributed by atoms with Crippen molar-refractivity contribution in [2.45, 2.75) is 26.3 Å². The van der Waals surface area contributed by atoms with E-state index in [1.807, 2.05) is 19.4 Å². The van der Waals surface area contributed by atoms with Gasteiger partial charge in [0.05, 0.1) is 6.04 Å². The molecule has 7 heteroatoms. The zero-order chi connectivity index (χ0) is 12.0. The van der Waals surface area contributed by atoms with Crippen LogP contribution in [0.4, 0.5) is 0 Å². The van der Waals surface area contributed by atoms with Crippen molar-refractivity contribution < 1.29 is 4.79 Å². The zero-order valence-electron chi connectivity index (χ0n) is 10.8. The summed E-state index contributed by atoms with van der Waals surface area (Å²) >= 11 is 1.58. The molecule has 4 nitrogen and oxygen atoms in total. The number of hydrogen-bond acceptors (Lipinski definition) is 4. The number of hydrogen-bond donors (Lipinski definition) is 2. The van der Waals surface area contributed by atoms with Crippen molar-refractivity contribution in [3.63, 3.8) is 0 Å². The third kappa shape index (κ3) is 6.00. The minimum atomic E-state index is -0.0148. The van der Waals surface area contributed by atoms with Gasteiger partial charge >= 0.3 is 0 Å². The van der Waals surface area contributed by atoms with E-state index in [4.69, 9.17) is 0 Å². The van der Waals surface area contributed by atoms with Crippen molar-refractivity contribution in [1.82, 2.24) is 15.6 Å². The lowest BCUT2D eigenvalue weighted by Gasteiger charge is -2.17. The number of halogens is 2. The second-order valence-corrected chi connectivity index (χ2v) is 4.72. The topological polar surface area (TPSA) is 54.0 Å². The van der Waals surface area contributed by atoms with Crippen LogP contribution in [0.3, 0.4) is 0 Å². The standard InChI is InChI=1S/C11H19N3OS.2ClH/c1-4-9(11-13-5-6-16-11)14-10(15)8(2)7-12-3;;/h5-6,8-9,12H,4,7H2,1-3H3,(H,14,15);2*1H. The molecule has 0 aliphatic heterocycles. The largest absolute Gasteiger partial charge is 0.347 e. The first kappa shape index (κ1) is 20.0. The van der Waals surface area contributed by atoms with Gasteiger partial charge in [0.2, 0.25) is 5.91 Å². The Balaban J connectivity index is 0. The van der Waals surface area contributed by atoms with E-state index in [2.05, 4.69) is 22.5 Å². The molecular formula is C11H21Cl2N3OS. The maximum absolute atomic E-state index is 11.8. The zero-order valence-corrected chi connectivity index (χ0v) is 13.3. The summed E-state index contributed by atoms with van der Waals surface area (Å²) in [5, 5.41) is 8.93. The lowest BCUT2D eigenvalue weighted by Crippen LogP contribution is -2.36. The van der Waals surface area contributed by atoms with Gasteiger partial charge in [-0.15, -0.1) is 36.2 Å². The molecule has 1 amide bonds. The SMILES string of the molecule is CCC(NC(=O)C(C)CNC)c1nccs1.Cl.Cl. The van der Waals surface area contributed by atoms with E-state index in [0.717, 1.165) is 11.4 Å². The molecule has 0 saturated carbocycles. The van der Waals surface area contributed by atoms with Gasteiger partial charge in [0.15, 0.2) is 0 Å². The molecule has 0 saturated heterocycles. The van der Waals surface area contributed by atoms with Crippen LogP contribution in [0.5, 0.6) is 0 Å². The van der Waals surface area contributed by atoms with Gasteiger partial charge in [-0.25, -0.2) is 4.98 Å². The van der Waals surface area contributed by atoms with Crippen LogP contribution in [0.15, 0.2) is 11.6 Å². The molecule has 18 heavy (non-hydrogen) atoms. The molecule has 0 aliphatic rings. The molecule has 0 aliphatic carbocycles. The molecule has 0 aromatic carbocycles. The predicted octanol–water partition coefficient (Wildman–Crippen LogP) is 2.41. The maximum atomic E-state index is 11.8. The van der Waals surface area contributed by atoms with Crippen LogP contribution >= 0.6 is 36.2 Å². The Morgan fingerprint density at radius 2 is 2.17 bits per heavy atom. The Kier molecular flexibility index (Phi) is 11.7. The smallest absolute Gasteiger partial charge is 0.224 e. The summed E-state index contributed by atoms with van der Waals surface area (Å²) in [5.74, 6) is 0.0652. The van der Waals surface area contributed by atoms with E-state index in [1.54, 1.807) is 17.5 Å². The summed E-state index contributed by atoms with van der Waals surface area (Å²) in [4.78, 5) is 16.1. The molecule has 0 radical (unpaired) electrons. The monoisotopic (exact) mass is 313 g/mol. The minimum Gasteiger partial charge on any atom is -0.347 e. The first-order valence-corrected chi connectivity index (χ1v) is 6.41. The highest BCUT2D eigenvalue weighted by molar-refractivity contribution is 7.09. The van der Waals surface area contributed by atoms with Crippen LogP contribution in [0.1, 0.15) is 31.3 Å². The number of aromatic nitrogens is 1. The normalized spacial score (nSPS) is 12.8. The Labute approximate surface area is 125 Å². The van der Waals surface area contributed by atoms with E-state index in [9.17, 15) is 4.79 Å². The van der Waals surface area contributed by atoms with Gasteiger partial charge in [-0.3, -0.25) is 4.79 Å². The molecule has 0 bridgehead atoms. The minimum absolute atomic E-state index is 0. The number of nitrogens with zero attached hydrogens (tertiary/aromatic N) is 1. The van der Waals surface area contributed by atoms with Crippen LogP contribution < -0.4 is 10.6 Å². The number of amides is 1. The average molecular weight is 314 g/mol. The Morgan fingerprint density at radius 1 is 1.50 bits per heavy atom. The molecule has 106 valence electrons. The summed E-state index contributed by atoms with van der Waals surface area (Å²) < 4.78 is 0. The van der Waals surface area contributed by atoms with Gasteiger partial charge in [-0.1, -0.05) is 13.8 Å². The van der Waals surface area contributed by atoms with Crippen molar-refractivity contribution in [2.24, 2.45) is 5.92 Å². The molecule has 2 unspecified atom stereocenters. The number of nitrogens with one attached hydrogen (secondary N) is 2. The molecule has 1 rings (SSSR count). The lowest BCUT2D eigenvalue weighted by atomic mass is 10.1. The molecule has 1 aromatic heterocycles. The second kappa shape index (κ2) is 10.6. The number of carbonyl (C=O) groups excluding carboxylic acids is 1. The van der Waals surface area contributed by atoms with Gasteiger partial charge in [-0.2, -0.15) is 0 Å². The summed E-state index contributed by atoms with van der Waals surface area (Å²) in [6.45, 7) is 4.66. The van der Waals surface area contributed by atoms with Crippen LogP contribution in [0.25, 0.3) is 0 Å². The van der Waals surface area contributed by atoms with Crippen LogP contribution in [0, 0.1) is 5.92 Å².